The molecule has 1 N–H and O–H groups in total. The molecule has 3 nitrogen and oxygen atoms in total. The number of ether oxygens (including phenoxy) is 1. The average Bonchev–Trinajstić information content (AvgIpc) is 2.27. The van der Waals surface area contributed by atoms with Gasteiger partial charge in [-0.15, -0.1) is 11.8 Å². The second-order valence-corrected chi connectivity index (χ2v) is 6.14. The van der Waals surface area contributed by atoms with E-state index in [1.54, 1.807) is 7.11 Å². The molecule has 1 aromatic carbocycles. The summed E-state index contributed by atoms with van der Waals surface area (Å²) < 4.78 is 5.22. The van der Waals surface area contributed by atoms with Gasteiger partial charge < -0.3 is 9.84 Å². The third-order valence-electron chi connectivity index (χ3n) is 3.16. The van der Waals surface area contributed by atoms with E-state index in [9.17, 15) is 4.79 Å². The van der Waals surface area contributed by atoms with Gasteiger partial charge in [-0.3, -0.25) is 4.79 Å². The van der Waals surface area contributed by atoms with Gasteiger partial charge in [0, 0.05) is 4.90 Å². The molecule has 17 heavy (non-hydrogen) atoms. The lowest BCUT2D eigenvalue weighted by Crippen LogP contribution is -2.32. The Morgan fingerprint density at radius 3 is 2.82 bits per heavy atom. The van der Waals surface area contributed by atoms with E-state index in [1.807, 2.05) is 18.2 Å². The molecule has 1 heterocycles. The lowest BCUT2D eigenvalue weighted by molar-refractivity contribution is -0.136. The van der Waals surface area contributed by atoms with E-state index >= 15 is 0 Å². The Balaban J connectivity index is 2.45. The Hall–Kier alpha value is -1.16. The highest BCUT2D eigenvalue weighted by Gasteiger charge is 2.37. The van der Waals surface area contributed by atoms with Crippen LogP contribution in [0.1, 0.15) is 25.8 Å². The molecule has 1 atom stereocenters. The Labute approximate surface area is 105 Å². The maximum absolute atomic E-state index is 11.1. The van der Waals surface area contributed by atoms with E-state index in [2.05, 4.69) is 13.8 Å². The smallest absolute Gasteiger partial charge is 0.317 e. The number of thioether (sulfide) groups is 1. The molecule has 0 aliphatic carbocycles. The van der Waals surface area contributed by atoms with Crippen LogP contribution >= 0.6 is 11.8 Å². The predicted octanol–water partition coefficient (Wildman–Crippen LogP) is 2.92. The van der Waals surface area contributed by atoms with Gasteiger partial charge in [-0.2, -0.15) is 0 Å². The zero-order valence-corrected chi connectivity index (χ0v) is 11.0. The Morgan fingerprint density at radius 1 is 1.53 bits per heavy atom. The number of aliphatic carboxylic acids is 1. The molecule has 0 aromatic heterocycles. The lowest BCUT2D eigenvalue weighted by Gasteiger charge is -2.35. The number of carboxylic acid groups (broad SMARTS) is 1. The van der Waals surface area contributed by atoms with Crippen LogP contribution in [-0.4, -0.2) is 23.4 Å². The van der Waals surface area contributed by atoms with Crippen molar-refractivity contribution >= 4 is 17.7 Å². The van der Waals surface area contributed by atoms with Gasteiger partial charge in [-0.1, -0.05) is 13.8 Å². The van der Waals surface area contributed by atoms with Crippen molar-refractivity contribution in [1.82, 2.24) is 0 Å². The van der Waals surface area contributed by atoms with Crippen LogP contribution in [0.2, 0.25) is 0 Å². The van der Waals surface area contributed by atoms with Gasteiger partial charge in [-0.05, 0) is 35.6 Å². The van der Waals surface area contributed by atoms with Crippen molar-refractivity contribution in [1.29, 1.82) is 0 Å². The summed E-state index contributed by atoms with van der Waals surface area (Å²) in [5.41, 5.74) is 1.05. The number of carboxylic acids is 1. The van der Waals surface area contributed by atoms with Crippen LogP contribution in [0.4, 0.5) is 0 Å². The first kappa shape index (κ1) is 12.3. The highest BCUT2D eigenvalue weighted by atomic mass is 32.2. The molecule has 0 saturated carbocycles. The van der Waals surface area contributed by atoms with Crippen LogP contribution < -0.4 is 4.74 Å². The number of hydrogen-bond acceptors (Lipinski definition) is 3. The molecule has 4 heteroatoms. The Kier molecular flexibility index (Phi) is 3.08. The first-order chi connectivity index (χ1) is 7.94. The molecule has 2 rings (SSSR count). The van der Waals surface area contributed by atoms with Crippen molar-refractivity contribution in [2.45, 2.75) is 35.8 Å². The number of methoxy groups -OCH3 is 1. The van der Waals surface area contributed by atoms with Crippen LogP contribution in [0.3, 0.4) is 0 Å². The third kappa shape index (κ3) is 2.27. The highest BCUT2D eigenvalue weighted by molar-refractivity contribution is 8.00. The van der Waals surface area contributed by atoms with Crippen LogP contribution in [0.5, 0.6) is 5.75 Å². The fourth-order valence-electron chi connectivity index (χ4n) is 2.17. The largest absolute Gasteiger partial charge is 0.497 e. The predicted molar refractivity (Wildman–Crippen MR) is 67.9 cm³/mol. The molecule has 0 bridgehead atoms. The summed E-state index contributed by atoms with van der Waals surface area (Å²) in [6.07, 6.45) is 0.646. The second kappa shape index (κ2) is 4.26. The quantitative estimate of drug-likeness (QED) is 0.879. The summed E-state index contributed by atoms with van der Waals surface area (Å²) >= 11 is 1.43. The SMILES string of the molecule is COc1ccc2c(c1)C(C)(C)CC(C(=O)O)S2. The molecule has 1 aromatic rings. The Morgan fingerprint density at radius 2 is 2.24 bits per heavy atom. The van der Waals surface area contributed by atoms with Crippen molar-refractivity contribution in [3.63, 3.8) is 0 Å². The van der Waals surface area contributed by atoms with Gasteiger partial charge in [0.15, 0.2) is 0 Å². The van der Waals surface area contributed by atoms with Crippen molar-refractivity contribution in [3.8, 4) is 5.75 Å². The van der Waals surface area contributed by atoms with E-state index in [1.165, 1.54) is 17.3 Å². The summed E-state index contributed by atoms with van der Waals surface area (Å²) in [7, 11) is 1.64. The standard InChI is InChI=1S/C13H16O3S/c1-13(2)7-11(12(14)15)17-10-5-4-8(16-3)6-9(10)13/h4-6,11H,7H2,1-3H3,(H,14,15). The molecule has 0 saturated heterocycles. The number of rotatable bonds is 2. The summed E-state index contributed by atoms with van der Waals surface area (Å²) in [6.45, 7) is 4.17. The van der Waals surface area contributed by atoms with Crippen LogP contribution in [-0.2, 0) is 10.2 Å². The summed E-state index contributed by atoms with van der Waals surface area (Å²) in [4.78, 5) is 12.2. The van der Waals surface area contributed by atoms with Gasteiger partial charge in [0.25, 0.3) is 0 Å². The van der Waals surface area contributed by atoms with Gasteiger partial charge in [0.1, 0.15) is 11.0 Å². The van der Waals surface area contributed by atoms with E-state index < -0.39 is 5.97 Å². The first-order valence-electron chi connectivity index (χ1n) is 5.52. The molecule has 1 aliphatic rings. The van der Waals surface area contributed by atoms with Gasteiger partial charge in [0.05, 0.1) is 7.11 Å². The van der Waals surface area contributed by atoms with Gasteiger partial charge in [0.2, 0.25) is 0 Å². The molecular weight excluding hydrogens is 236 g/mol. The molecule has 0 radical (unpaired) electrons. The van der Waals surface area contributed by atoms with E-state index in [0.29, 0.717) is 6.42 Å². The zero-order valence-electron chi connectivity index (χ0n) is 10.2. The first-order valence-corrected chi connectivity index (χ1v) is 6.40. The van der Waals surface area contributed by atoms with Gasteiger partial charge in [-0.25, -0.2) is 0 Å². The fourth-order valence-corrected chi connectivity index (χ4v) is 3.69. The number of benzene rings is 1. The van der Waals surface area contributed by atoms with E-state index in [0.717, 1.165) is 10.6 Å². The normalized spacial score (nSPS) is 21.7. The van der Waals surface area contributed by atoms with Crippen molar-refractivity contribution in [2.24, 2.45) is 0 Å². The number of hydrogen-bond donors (Lipinski definition) is 1. The molecule has 1 aliphatic heterocycles. The maximum Gasteiger partial charge on any atom is 0.317 e. The number of fused-ring (bicyclic) bond motifs is 1. The summed E-state index contributed by atoms with van der Waals surface area (Å²) in [5, 5.41) is 8.80. The minimum atomic E-state index is -0.732. The van der Waals surface area contributed by atoms with Crippen molar-refractivity contribution in [3.05, 3.63) is 23.8 Å². The minimum absolute atomic E-state index is 0.127. The molecule has 0 fully saturated rings. The maximum atomic E-state index is 11.1. The van der Waals surface area contributed by atoms with Crippen molar-refractivity contribution < 1.29 is 14.6 Å². The Bertz CT molecular complexity index is 454. The van der Waals surface area contributed by atoms with E-state index in [-0.39, 0.29) is 10.7 Å². The molecule has 92 valence electrons. The van der Waals surface area contributed by atoms with Gasteiger partial charge >= 0.3 is 5.97 Å². The monoisotopic (exact) mass is 252 g/mol. The number of carbonyl (C=O) groups is 1. The summed E-state index contributed by atoms with van der Waals surface area (Å²) in [6, 6.07) is 5.85. The van der Waals surface area contributed by atoms with E-state index in [4.69, 9.17) is 9.84 Å². The lowest BCUT2D eigenvalue weighted by atomic mass is 9.80. The second-order valence-electron chi connectivity index (χ2n) is 4.89. The summed E-state index contributed by atoms with van der Waals surface area (Å²) in [5.74, 6) is 0.0933. The third-order valence-corrected chi connectivity index (χ3v) is 4.42. The fraction of sp³-hybridized carbons (Fsp3) is 0.462. The zero-order chi connectivity index (χ0) is 12.6. The van der Waals surface area contributed by atoms with Crippen LogP contribution in [0.25, 0.3) is 0 Å². The van der Waals surface area contributed by atoms with Crippen LogP contribution in [0.15, 0.2) is 23.1 Å². The van der Waals surface area contributed by atoms with Crippen LogP contribution in [0, 0.1) is 0 Å². The molecular formula is C13H16O3S. The van der Waals surface area contributed by atoms with Crippen molar-refractivity contribution in [2.75, 3.05) is 7.11 Å². The molecule has 0 amide bonds. The molecule has 0 spiro atoms. The minimum Gasteiger partial charge on any atom is -0.497 e. The topological polar surface area (TPSA) is 46.5 Å². The molecule has 1 unspecified atom stereocenters. The average molecular weight is 252 g/mol. The highest BCUT2D eigenvalue weighted by Crippen LogP contribution is 2.46.